The van der Waals surface area contributed by atoms with E-state index in [2.05, 4.69) is 15.3 Å². The fourth-order valence-electron chi connectivity index (χ4n) is 2.80. The van der Waals surface area contributed by atoms with Crippen molar-refractivity contribution in [3.63, 3.8) is 0 Å². The third kappa shape index (κ3) is 4.43. The maximum atomic E-state index is 12.4. The number of sulfonamides is 1. The van der Waals surface area contributed by atoms with Gasteiger partial charge in [-0.2, -0.15) is 0 Å². The number of benzene rings is 1. The van der Waals surface area contributed by atoms with Crippen LogP contribution in [0.25, 0.3) is 10.2 Å². The molecule has 30 heavy (non-hydrogen) atoms. The van der Waals surface area contributed by atoms with E-state index < -0.39 is 10.0 Å². The van der Waals surface area contributed by atoms with Crippen molar-refractivity contribution in [3.05, 3.63) is 34.2 Å². The van der Waals surface area contributed by atoms with Crippen LogP contribution in [-0.2, 0) is 14.8 Å². The normalized spacial score (nSPS) is 11.9. The minimum absolute atomic E-state index is 0.0674. The summed E-state index contributed by atoms with van der Waals surface area (Å²) in [5, 5.41) is 4.02. The molecule has 0 spiro atoms. The Bertz CT molecular complexity index is 1240. The smallest absolute Gasteiger partial charge is 0.242 e. The van der Waals surface area contributed by atoms with E-state index in [9.17, 15) is 13.2 Å². The lowest BCUT2D eigenvalue weighted by molar-refractivity contribution is -0.113. The number of thioether (sulfide) groups is 1. The van der Waals surface area contributed by atoms with Gasteiger partial charge in [0.1, 0.15) is 10.6 Å². The van der Waals surface area contributed by atoms with Crippen LogP contribution in [0.15, 0.2) is 28.3 Å². The van der Waals surface area contributed by atoms with Crippen LogP contribution in [0.5, 0.6) is 0 Å². The van der Waals surface area contributed by atoms with Crippen molar-refractivity contribution >= 4 is 60.8 Å². The topological polar surface area (TPSA) is 118 Å². The minimum atomic E-state index is -3.60. The zero-order valence-electron chi connectivity index (χ0n) is 17.3. The van der Waals surface area contributed by atoms with Gasteiger partial charge in [0.2, 0.25) is 15.9 Å². The molecule has 0 radical (unpaired) electrons. The second-order valence-electron chi connectivity index (χ2n) is 6.96. The van der Waals surface area contributed by atoms with Gasteiger partial charge >= 0.3 is 0 Å². The molecule has 2 heterocycles. The fourth-order valence-corrected chi connectivity index (χ4v) is 5.69. The molecule has 0 atom stereocenters. The first-order chi connectivity index (χ1) is 14.0. The predicted molar refractivity (Wildman–Crippen MR) is 123 cm³/mol. The molecule has 3 N–H and O–H groups in total. The van der Waals surface area contributed by atoms with Crippen LogP contribution >= 0.6 is 23.1 Å². The Hall–Kier alpha value is -2.21. The van der Waals surface area contributed by atoms with E-state index in [4.69, 9.17) is 5.73 Å². The van der Waals surface area contributed by atoms with Crippen molar-refractivity contribution < 1.29 is 13.2 Å². The summed E-state index contributed by atoms with van der Waals surface area (Å²) in [4.78, 5) is 23.3. The molecule has 0 aliphatic rings. The first-order valence-electron chi connectivity index (χ1n) is 8.99. The van der Waals surface area contributed by atoms with Gasteiger partial charge in [-0.05, 0) is 44.0 Å². The van der Waals surface area contributed by atoms with Crippen molar-refractivity contribution in [2.75, 3.05) is 30.9 Å². The highest BCUT2D eigenvalue weighted by molar-refractivity contribution is 7.99. The van der Waals surface area contributed by atoms with Gasteiger partial charge in [0.15, 0.2) is 5.16 Å². The Morgan fingerprint density at radius 1 is 1.23 bits per heavy atom. The number of carbonyl (C=O) groups excluding carboxylic acids is 1. The average molecular weight is 466 g/mol. The summed E-state index contributed by atoms with van der Waals surface area (Å²) in [6, 6.07) is 4.80. The number of carbonyl (C=O) groups is 1. The number of nitrogens with zero attached hydrogens (tertiary/aromatic N) is 3. The molecule has 160 valence electrons. The second kappa shape index (κ2) is 8.50. The van der Waals surface area contributed by atoms with E-state index in [0.717, 1.165) is 25.0 Å². The number of hydrogen-bond donors (Lipinski definition) is 2. The first-order valence-corrected chi connectivity index (χ1v) is 12.2. The molecule has 0 aliphatic carbocycles. The van der Waals surface area contributed by atoms with Gasteiger partial charge in [-0.3, -0.25) is 4.79 Å². The summed E-state index contributed by atoms with van der Waals surface area (Å²) in [5.74, 6) is 0.178. The lowest BCUT2D eigenvalue weighted by Crippen LogP contribution is -2.23. The third-order valence-electron chi connectivity index (χ3n) is 4.60. The Balaban J connectivity index is 1.73. The number of aromatic nitrogens is 2. The number of nitrogens with one attached hydrogen (secondary N) is 1. The van der Waals surface area contributed by atoms with E-state index in [1.54, 1.807) is 30.4 Å². The summed E-state index contributed by atoms with van der Waals surface area (Å²) in [6.45, 7) is 5.71. The van der Waals surface area contributed by atoms with Crippen LogP contribution in [-0.4, -0.2) is 48.4 Å². The Kier molecular flexibility index (Phi) is 6.37. The van der Waals surface area contributed by atoms with Crippen molar-refractivity contribution in [2.45, 2.75) is 30.8 Å². The van der Waals surface area contributed by atoms with Crippen LogP contribution in [0, 0.1) is 20.8 Å². The van der Waals surface area contributed by atoms with Crippen LogP contribution in [0.1, 0.15) is 16.0 Å². The van der Waals surface area contributed by atoms with Crippen molar-refractivity contribution in [3.8, 4) is 0 Å². The van der Waals surface area contributed by atoms with E-state index in [0.29, 0.717) is 22.2 Å². The molecule has 11 heteroatoms. The predicted octanol–water partition coefficient (Wildman–Crippen LogP) is 3.18. The SMILES string of the molecule is Cc1ccc(NC(=O)CSc2nc(N)c3c(C)c(C)sc3n2)cc1S(=O)(=O)N(C)C. The lowest BCUT2D eigenvalue weighted by atomic mass is 10.2. The molecule has 0 saturated heterocycles. The number of thiophene rings is 1. The van der Waals surface area contributed by atoms with Crippen molar-refractivity contribution in [1.29, 1.82) is 0 Å². The van der Waals surface area contributed by atoms with Crippen LogP contribution < -0.4 is 11.1 Å². The minimum Gasteiger partial charge on any atom is -0.383 e. The molecule has 0 bridgehead atoms. The quantitative estimate of drug-likeness (QED) is 0.424. The maximum absolute atomic E-state index is 12.4. The van der Waals surface area contributed by atoms with Crippen LogP contribution in [0.3, 0.4) is 0 Å². The van der Waals surface area contributed by atoms with Gasteiger partial charge in [-0.25, -0.2) is 22.7 Å². The highest BCUT2D eigenvalue weighted by Gasteiger charge is 2.20. The Morgan fingerprint density at radius 2 is 1.93 bits per heavy atom. The molecule has 0 aliphatic heterocycles. The maximum Gasteiger partial charge on any atom is 0.242 e. The third-order valence-corrected chi connectivity index (χ3v) is 8.50. The highest BCUT2D eigenvalue weighted by Crippen LogP contribution is 2.33. The van der Waals surface area contributed by atoms with Crippen LogP contribution in [0.4, 0.5) is 11.5 Å². The molecule has 0 saturated carbocycles. The number of anilines is 2. The molecule has 0 fully saturated rings. The van der Waals surface area contributed by atoms with Gasteiger partial charge in [0.25, 0.3) is 0 Å². The van der Waals surface area contributed by atoms with Gasteiger partial charge in [-0.15, -0.1) is 11.3 Å². The van der Waals surface area contributed by atoms with E-state index in [1.807, 2.05) is 13.8 Å². The molecule has 2 aromatic heterocycles. The van der Waals surface area contributed by atoms with Gasteiger partial charge in [0.05, 0.1) is 16.0 Å². The van der Waals surface area contributed by atoms with Gasteiger partial charge in [0, 0.05) is 24.7 Å². The second-order valence-corrected chi connectivity index (χ2v) is 11.2. The van der Waals surface area contributed by atoms with Gasteiger partial charge in [-0.1, -0.05) is 17.8 Å². The standard InChI is InChI=1S/C19H23N5O3S3/c1-10-6-7-13(8-14(10)30(26,27)24(4)5)21-15(25)9-28-19-22-17(20)16-11(2)12(3)29-18(16)23-19/h6-8H,9H2,1-5H3,(H,21,25)(H2,20,22,23). The zero-order valence-corrected chi connectivity index (χ0v) is 19.8. The number of nitrogen functional groups attached to an aromatic ring is 1. The van der Waals surface area contributed by atoms with Crippen molar-refractivity contribution in [2.24, 2.45) is 0 Å². The molecular weight excluding hydrogens is 442 g/mol. The zero-order chi connectivity index (χ0) is 22.2. The number of hydrogen-bond acceptors (Lipinski definition) is 8. The monoisotopic (exact) mass is 465 g/mol. The fraction of sp³-hybridized carbons (Fsp3) is 0.316. The number of aryl methyl sites for hydroxylation is 3. The summed E-state index contributed by atoms with van der Waals surface area (Å²) in [5.41, 5.74) is 8.17. The summed E-state index contributed by atoms with van der Waals surface area (Å²) >= 11 is 2.72. The molecular formula is C19H23N5O3S3. The number of amides is 1. The largest absolute Gasteiger partial charge is 0.383 e. The number of rotatable bonds is 6. The molecule has 1 amide bonds. The lowest BCUT2D eigenvalue weighted by Gasteiger charge is -2.15. The first kappa shape index (κ1) is 22.5. The number of fused-ring (bicyclic) bond motifs is 1. The summed E-state index contributed by atoms with van der Waals surface area (Å²) in [6.07, 6.45) is 0. The van der Waals surface area contributed by atoms with E-state index in [1.165, 1.54) is 31.9 Å². The number of nitrogens with two attached hydrogens (primary N) is 1. The Morgan fingerprint density at radius 3 is 2.60 bits per heavy atom. The molecule has 3 aromatic rings. The highest BCUT2D eigenvalue weighted by atomic mass is 32.2. The summed E-state index contributed by atoms with van der Waals surface area (Å²) < 4.78 is 26.0. The molecule has 1 aromatic carbocycles. The molecule has 3 rings (SSSR count). The van der Waals surface area contributed by atoms with E-state index in [-0.39, 0.29) is 16.6 Å². The van der Waals surface area contributed by atoms with Gasteiger partial charge < -0.3 is 11.1 Å². The van der Waals surface area contributed by atoms with Crippen LogP contribution in [0.2, 0.25) is 0 Å². The summed E-state index contributed by atoms with van der Waals surface area (Å²) in [7, 11) is -0.668. The molecule has 0 unspecified atom stereocenters. The molecule has 8 nitrogen and oxygen atoms in total. The van der Waals surface area contributed by atoms with E-state index >= 15 is 0 Å². The average Bonchev–Trinajstić information content (AvgIpc) is 2.95. The Labute approximate surface area is 183 Å². The van der Waals surface area contributed by atoms with Crippen molar-refractivity contribution in [1.82, 2.24) is 14.3 Å².